The third-order valence-electron chi connectivity index (χ3n) is 12.3. The molecule has 0 aliphatic rings. The highest BCUT2D eigenvalue weighted by molar-refractivity contribution is 6.26. The maximum atomic E-state index is 2.51. The van der Waals surface area contributed by atoms with E-state index in [2.05, 4.69) is 214 Å². The van der Waals surface area contributed by atoms with Crippen LogP contribution in [0.5, 0.6) is 0 Å². The molecule has 4 aromatic heterocycles. The number of hydrogen-bond donors (Lipinski definition) is 0. The van der Waals surface area contributed by atoms with Gasteiger partial charge in [0.1, 0.15) is 0 Å². The van der Waals surface area contributed by atoms with Gasteiger partial charge in [0.25, 0.3) is 0 Å². The van der Waals surface area contributed by atoms with Crippen molar-refractivity contribution in [2.45, 2.75) is 0 Å². The zero-order valence-electron chi connectivity index (χ0n) is 30.9. The molecule has 9 aromatic carbocycles. The summed E-state index contributed by atoms with van der Waals surface area (Å²) in [7, 11) is 0. The molecule has 0 aliphatic carbocycles. The van der Waals surface area contributed by atoms with Crippen LogP contribution in [0.25, 0.3) is 116 Å². The Balaban J connectivity index is 1.11. The number of aromatic nitrogens is 3. The predicted molar refractivity (Wildman–Crippen MR) is 240 cm³/mol. The molecule has 0 amide bonds. The van der Waals surface area contributed by atoms with Gasteiger partial charge in [0.15, 0.2) is 0 Å². The second kappa shape index (κ2) is 11.5. The fourth-order valence-corrected chi connectivity index (χ4v) is 9.86. The molecule has 0 radical (unpaired) electrons. The second-order valence-electron chi connectivity index (χ2n) is 15.3. The van der Waals surface area contributed by atoms with Crippen LogP contribution in [0.1, 0.15) is 0 Å². The molecule has 3 heteroatoms. The van der Waals surface area contributed by atoms with Crippen LogP contribution in [0.3, 0.4) is 0 Å². The summed E-state index contributed by atoms with van der Waals surface area (Å²) in [5.74, 6) is 0. The largest absolute Gasteiger partial charge is 0.309 e. The molecule has 2 bridgehead atoms. The van der Waals surface area contributed by atoms with Crippen LogP contribution in [0.4, 0.5) is 0 Å². The summed E-state index contributed by atoms with van der Waals surface area (Å²) in [5.41, 5.74) is 18.0. The highest BCUT2D eigenvalue weighted by atomic mass is 15.0. The lowest BCUT2D eigenvalue weighted by Gasteiger charge is -2.13. The van der Waals surface area contributed by atoms with Gasteiger partial charge < -0.3 is 13.4 Å². The minimum absolute atomic E-state index is 1.14. The average Bonchev–Trinajstić information content (AvgIpc) is 3.92. The van der Waals surface area contributed by atoms with Crippen LogP contribution >= 0.6 is 0 Å². The Labute approximate surface area is 327 Å². The Bertz CT molecular complexity index is 3500. The fourth-order valence-electron chi connectivity index (χ4n) is 9.86. The van der Waals surface area contributed by atoms with E-state index in [4.69, 9.17) is 0 Å². The van der Waals surface area contributed by atoms with Gasteiger partial charge >= 0.3 is 0 Å². The Kier molecular flexibility index (Phi) is 6.16. The molecule has 13 rings (SSSR count). The van der Waals surface area contributed by atoms with E-state index in [1.54, 1.807) is 0 Å². The van der Waals surface area contributed by atoms with E-state index in [1.165, 1.54) is 110 Å². The van der Waals surface area contributed by atoms with Crippen molar-refractivity contribution in [3.8, 4) is 39.1 Å². The maximum absolute atomic E-state index is 2.51. The van der Waals surface area contributed by atoms with Crippen LogP contribution < -0.4 is 0 Å². The molecule has 0 fully saturated rings. The van der Waals surface area contributed by atoms with Crippen molar-refractivity contribution in [2.24, 2.45) is 0 Å². The first kappa shape index (κ1) is 30.7. The third kappa shape index (κ3) is 4.26. The molecule has 0 aliphatic heterocycles. The van der Waals surface area contributed by atoms with Crippen molar-refractivity contribution < 1.29 is 0 Å². The molecule has 4 heterocycles. The monoisotopic (exact) mass is 723 g/mol. The van der Waals surface area contributed by atoms with E-state index >= 15 is 0 Å². The molecule has 0 N–H and O–H groups in total. The minimum Gasteiger partial charge on any atom is -0.309 e. The molecule has 264 valence electrons. The van der Waals surface area contributed by atoms with E-state index in [0.717, 1.165) is 5.69 Å². The van der Waals surface area contributed by atoms with E-state index in [9.17, 15) is 0 Å². The van der Waals surface area contributed by atoms with Crippen LogP contribution in [-0.4, -0.2) is 13.4 Å². The van der Waals surface area contributed by atoms with Crippen molar-refractivity contribution in [3.05, 3.63) is 200 Å². The van der Waals surface area contributed by atoms with Crippen LogP contribution in [0.15, 0.2) is 200 Å². The molecule has 3 nitrogen and oxygen atoms in total. The van der Waals surface area contributed by atoms with Gasteiger partial charge in [-0.25, -0.2) is 0 Å². The quantitative estimate of drug-likeness (QED) is 0.172. The van der Waals surface area contributed by atoms with Gasteiger partial charge in [0, 0.05) is 38.0 Å². The summed E-state index contributed by atoms with van der Waals surface area (Å²) >= 11 is 0. The van der Waals surface area contributed by atoms with E-state index < -0.39 is 0 Å². The van der Waals surface area contributed by atoms with Gasteiger partial charge in [-0.15, -0.1) is 0 Å². The minimum atomic E-state index is 1.14. The Morgan fingerprint density at radius 1 is 0.228 bits per heavy atom. The normalized spacial score (nSPS) is 12.2. The summed E-state index contributed by atoms with van der Waals surface area (Å²) in [5, 5.41) is 7.62. The molecule has 0 saturated heterocycles. The SMILES string of the molecule is c1ccc(-c2cc(-c3ccccc3)cc(-c3ccc(-n4c5cccc6c5c5c4cccc5n4c5ccccc5c5cc7c8ccccc8n6c7cc54)cc3)c2)cc1. The first-order valence-corrected chi connectivity index (χ1v) is 19.7. The lowest BCUT2D eigenvalue weighted by atomic mass is 9.93. The Hall–Kier alpha value is -7.62. The summed E-state index contributed by atoms with van der Waals surface area (Å²) < 4.78 is 7.49. The first-order chi connectivity index (χ1) is 28.3. The number of hydrogen-bond acceptors (Lipinski definition) is 0. The van der Waals surface area contributed by atoms with Crippen molar-refractivity contribution in [1.29, 1.82) is 0 Å². The Morgan fingerprint density at radius 2 is 0.632 bits per heavy atom. The summed E-state index contributed by atoms with van der Waals surface area (Å²) in [4.78, 5) is 0. The van der Waals surface area contributed by atoms with Crippen molar-refractivity contribution in [1.82, 2.24) is 13.4 Å². The lowest BCUT2D eigenvalue weighted by Crippen LogP contribution is -1.94. The van der Waals surface area contributed by atoms with E-state index in [1.807, 2.05) is 0 Å². The summed E-state index contributed by atoms with van der Waals surface area (Å²) in [6, 6.07) is 73.8. The van der Waals surface area contributed by atoms with Crippen LogP contribution in [0, 0.1) is 0 Å². The molecular weight excluding hydrogens is 691 g/mol. The Morgan fingerprint density at radius 3 is 1.12 bits per heavy atom. The number of fused-ring (bicyclic) bond motifs is 8. The van der Waals surface area contributed by atoms with E-state index in [-0.39, 0.29) is 0 Å². The highest BCUT2D eigenvalue weighted by Gasteiger charge is 2.22. The van der Waals surface area contributed by atoms with Gasteiger partial charge in [-0.1, -0.05) is 121 Å². The smallest absolute Gasteiger partial charge is 0.0563 e. The van der Waals surface area contributed by atoms with Gasteiger partial charge in [-0.2, -0.15) is 0 Å². The van der Waals surface area contributed by atoms with Gasteiger partial charge in [-0.3, -0.25) is 0 Å². The van der Waals surface area contributed by atoms with Crippen molar-refractivity contribution in [3.63, 3.8) is 0 Å². The van der Waals surface area contributed by atoms with E-state index in [0.29, 0.717) is 0 Å². The maximum Gasteiger partial charge on any atom is 0.0563 e. The number of nitrogens with zero attached hydrogens (tertiary/aromatic N) is 3. The average molecular weight is 724 g/mol. The number of para-hydroxylation sites is 2. The highest BCUT2D eigenvalue weighted by Crippen LogP contribution is 2.44. The topological polar surface area (TPSA) is 13.8 Å². The van der Waals surface area contributed by atoms with Gasteiger partial charge in [0.2, 0.25) is 0 Å². The molecule has 0 unspecified atom stereocenters. The number of rotatable bonds is 4. The summed E-state index contributed by atoms with van der Waals surface area (Å²) in [6.07, 6.45) is 0. The molecule has 13 aromatic rings. The molecular formula is C54H33N3. The molecule has 0 saturated carbocycles. The number of benzene rings is 9. The zero-order valence-corrected chi connectivity index (χ0v) is 30.9. The standard InChI is InChI=1S/C54H33N3/c1-3-13-34(14-4-1)37-29-38(35-15-5-2-6-16-35)31-39(30-37)36-25-27-40(28-26-36)55-47-21-11-23-49-53(47)54-48(55)22-12-24-50(54)57-46-20-10-8-18-42(46)44-32-43-41-17-7-9-19-45(41)56(49)51(43)33-52(44)57/h1-33H. The van der Waals surface area contributed by atoms with Gasteiger partial charge in [0.05, 0.1) is 44.1 Å². The second-order valence-corrected chi connectivity index (χ2v) is 15.3. The van der Waals surface area contributed by atoms with Crippen LogP contribution in [0.2, 0.25) is 0 Å². The van der Waals surface area contributed by atoms with Crippen LogP contribution in [-0.2, 0) is 0 Å². The van der Waals surface area contributed by atoms with Gasteiger partial charge in [-0.05, 0) is 112 Å². The summed E-state index contributed by atoms with van der Waals surface area (Å²) in [6.45, 7) is 0. The van der Waals surface area contributed by atoms with Crippen molar-refractivity contribution in [2.75, 3.05) is 0 Å². The molecule has 57 heavy (non-hydrogen) atoms. The predicted octanol–water partition coefficient (Wildman–Crippen LogP) is 14.3. The molecule has 0 atom stereocenters. The molecule has 0 spiro atoms. The zero-order chi connectivity index (χ0) is 37.2. The first-order valence-electron chi connectivity index (χ1n) is 19.7. The third-order valence-corrected chi connectivity index (χ3v) is 12.3. The van der Waals surface area contributed by atoms with Crippen molar-refractivity contribution >= 4 is 76.5 Å². The lowest BCUT2D eigenvalue weighted by molar-refractivity contribution is 1.18. The fraction of sp³-hybridized carbons (Fsp3) is 0.